The van der Waals surface area contributed by atoms with E-state index in [1.54, 1.807) is 0 Å². The van der Waals surface area contributed by atoms with Gasteiger partial charge in [-0.15, -0.1) is 0 Å². The molecule has 1 amide bonds. The van der Waals surface area contributed by atoms with Crippen LogP contribution < -0.4 is 10.1 Å². The summed E-state index contributed by atoms with van der Waals surface area (Å²) >= 11 is 3.46. The largest absolute Gasteiger partial charge is 0.489 e. The number of ether oxygens (including phenoxy) is 1. The van der Waals surface area contributed by atoms with Crippen molar-refractivity contribution in [2.24, 2.45) is 0 Å². The maximum Gasteiger partial charge on any atom is 0.251 e. The number of benzene rings is 2. The first-order valence-electron chi connectivity index (χ1n) is 9.69. The first kappa shape index (κ1) is 21.1. The van der Waals surface area contributed by atoms with Gasteiger partial charge in [0.25, 0.3) is 5.91 Å². The molecule has 0 radical (unpaired) electrons. The van der Waals surface area contributed by atoms with Crippen molar-refractivity contribution in [1.82, 2.24) is 15.1 Å². The lowest BCUT2D eigenvalue weighted by atomic mass is 10.1. The molecule has 0 aliphatic carbocycles. The molecule has 0 atom stereocenters. The minimum absolute atomic E-state index is 0.0728. The average Bonchev–Trinajstić information content (AvgIpc) is 3.03. The Kier molecular flexibility index (Phi) is 7.09. The predicted octanol–water partition coefficient (Wildman–Crippen LogP) is 4.97. The highest BCUT2D eigenvalue weighted by molar-refractivity contribution is 9.10. The lowest BCUT2D eigenvalue weighted by molar-refractivity contribution is 0.0952. The molecule has 29 heavy (non-hydrogen) atoms. The lowest BCUT2D eigenvalue weighted by Gasteiger charge is -2.11. The number of hydrogen-bond donors (Lipinski definition) is 1. The lowest BCUT2D eigenvalue weighted by Crippen LogP contribution is -2.25. The van der Waals surface area contributed by atoms with Crippen LogP contribution in [0.1, 0.15) is 39.2 Å². The van der Waals surface area contributed by atoms with E-state index < -0.39 is 0 Å². The van der Waals surface area contributed by atoms with E-state index in [1.807, 2.05) is 62.0 Å². The normalized spacial score (nSPS) is 10.8. The van der Waals surface area contributed by atoms with Crippen molar-refractivity contribution in [3.63, 3.8) is 0 Å². The van der Waals surface area contributed by atoms with Crippen LogP contribution in [-0.4, -0.2) is 22.2 Å². The maximum absolute atomic E-state index is 12.5. The molecule has 1 N–H and O–H groups in total. The van der Waals surface area contributed by atoms with E-state index in [0.717, 1.165) is 45.6 Å². The Morgan fingerprint density at radius 2 is 2.00 bits per heavy atom. The second-order valence-electron chi connectivity index (χ2n) is 7.19. The Hall–Kier alpha value is -2.60. The molecule has 2 aromatic carbocycles. The van der Waals surface area contributed by atoms with Crippen LogP contribution in [0.15, 0.2) is 53.1 Å². The van der Waals surface area contributed by atoms with Gasteiger partial charge < -0.3 is 10.1 Å². The number of nitrogens with one attached hydrogen (secondary N) is 1. The van der Waals surface area contributed by atoms with Gasteiger partial charge in [0.15, 0.2) is 0 Å². The van der Waals surface area contributed by atoms with Crippen molar-refractivity contribution in [2.75, 3.05) is 6.54 Å². The van der Waals surface area contributed by atoms with Gasteiger partial charge in [-0.2, -0.15) is 5.10 Å². The Bertz CT molecular complexity index is 978. The second kappa shape index (κ2) is 9.74. The third kappa shape index (κ3) is 5.94. The molecule has 0 aliphatic heterocycles. The maximum atomic E-state index is 12.5. The fourth-order valence-electron chi connectivity index (χ4n) is 2.98. The molecule has 0 fully saturated rings. The summed E-state index contributed by atoms with van der Waals surface area (Å²) in [6.45, 7) is 7.82. The molecular formula is C23H26BrN3O2. The molecule has 0 aliphatic rings. The summed E-state index contributed by atoms with van der Waals surface area (Å²) in [5, 5.41) is 7.37. The fraction of sp³-hybridized carbons (Fsp3) is 0.304. The summed E-state index contributed by atoms with van der Waals surface area (Å²) in [5.74, 6) is 0.803. The zero-order valence-corrected chi connectivity index (χ0v) is 18.6. The third-order valence-corrected chi connectivity index (χ3v) is 5.44. The molecule has 0 spiro atoms. The predicted molar refractivity (Wildman–Crippen MR) is 118 cm³/mol. The van der Waals surface area contributed by atoms with Crippen LogP contribution in [0.5, 0.6) is 5.75 Å². The number of halogens is 1. The summed E-state index contributed by atoms with van der Waals surface area (Å²) in [5.41, 5.74) is 4.84. The Morgan fingerprint density at radius 3 is 2.76 bits per heavy atom. The number of rotatable bonds is 8. The van der Waals surface area contributed by atoms with Gasteiger partial charge in [-0.3, -0.25) is 9.48 Å². The summed E-state index contributed by atoms with van der Waals surface area (Å²) in [7, 11) is 0. The number of carbonyl (C=O) groups is 1. The van der Waals surface area contributed by atoms with E-state index in [4.69, 9.17) is 4.74 Å². The number of nitrogens with zero attached hydrogens (tertiary/aromatic N) is 2. The third-order valence-electron chi connectivity index (χ3n) is 4.66. The molecule has 1 aromatic heterocycles. The smallest absolute Gasteiger partial charge is 0.251 e. The standard InChI is InChI=1S/C23H26BrN3O2/c1-16-8-9-17(2)22(12-16)29-15-19-6-4-7-20(13-19)23(28)25-10-5-11-27-14-21(24)18(3)26-27/h4,6-9,12-14H,5,10-11,15H2,1-3H3,(H,25,28). The van der Waals surface area contributed by atoms with Crippen LogP contribution in [-0.2, 0) is 13.2 Å². The van der Waals surface area contributed by atoms with Crippen LogP contribution in [0.4, 0.5) is 0 Å². The van der Waals surface area contributed by atoms with Crippen molar-refractivity contribution in [2.45, 2.75) is 40.3 Å². The summed E-state index contributed by atoms with van der Waals surface area (Å²) in [6.07, 6.45) is 2.77. The number of carbonyl (C=O) groups excluding carboxylic acids is 1. The average molecular weight is 456 g/mol. The molecular weight excluding hydrogens is 430 g/mol. The first-order valence-corrected chi connectivity index (χ1v) is 10.5. The van der Waals surface area contributed by atoms with Crippen molar-refractivity contribution in [3.05, 3.63) is 81.1 Å². The van der Waals surface area contributed by atoms with Crippen molar-refractivity contribution in [1.29, 1.82) is 0 Å². The zero-order chi connectivity index (χ0) is 20.8. The van der Waals surface area contributed by atoms with Crippen molar-refractivity contribution >= 4 is 21.8 Å². The fourth-order valence-corrected chi connectivity index (χ4v) is 3.30. The highest BCUT2D eigenvalue weighted by Gasteiger charge is 2.07. The van der Waals surface area contributed by atoms with Crippen molar-refractivity contribution in [3.8, 4) is 5.75 Å². The van der Waals surface area contributed by atoms with Gasteiger partial charge in [0.1, 0.15) is 12.4 Å². The van der Waals surface area contributed by atoms with E-state index in [9.17, 15) is 4.79 Å². The number of aryl methyl sites for hydroxylation is 4. The van der Waals surface area contributed by atoms with Gasteiger partial charge in [-0.05, 0) is 78.0 Å². The molecule has 5 nitrogen and oxygen atoms in total. The van der Waals surface area contributed by atoms with Crippen LogP contribution >= 0.6 is 15.9 Å². The van der Waals surface area contributed by atoms with Gasteiger partial charge in [0.05, 0.1) is 10.2 Å². The monoisotopic (exact) mass is 455 g/mol. The molecule has 1 heterocycles. The molecule has 6 heteroatoms. The van der Waals surface area contributed by atoms with Gasteiger partial charge >= 0.3 is 0 Å². The minimum Gasteiger partial charge on any atom is -0.489 e. The van der Waals surface area contributed by atoms with E-state index in [2.05, 4.69) is 38.5 Å². The molecule has 0 saturated heterocycles. The summed E-state index contributed by atoms with van der Waals surface area (Å²) in [6, 6.07) is 13.7. The topological polar surface area (TPSA) is 56.1 Å². The molecule has 3 rings (SSSR count). The Labute approximate surface area is 180 Å². The number of hydrogen-bond acceptors (Lipinski definition) is 3. The van der Waals surface area contributed by atoms with Crippen LogP contribution in [0, 0.1) is 20.8 Å². The van der Waals surface area contributed by atoms with Gasteiger partial charge in [-0.25, -0.2) is 0 Å². The molecule has 0 saturated carbocycles. The Morgan fingerprint density at radius 1 is 1.17 bits per heavy atom. The minimum atomic E-state index is -0.0728. The quantitative estimate of drug-likeness (QED) is 0.487. The van der Waals surface area contributed by atoms with Gasteiger partial charge in [-0.1, -0.05) is 24.3 Å². The van der Waals surface area contributed by atoms with Gasteiger partial charge in [0, 0.05) is 24.8 Å². The first-order chi connectivity index (χ1) is 13.9. The van der Waals surface area contributed by atoms with E-state index in [0.29, 0.717) is 18.7 Å². The molecule has 0 bridgehead atoms. The highest BCUT2D eigenvalue weighted by Crippen LogP contribution is 2.20. The summed E-state index contributed by atoms with van der Waals surface area (Å²) < 4.78 is 8.84. The summed E-state index contributed by atoms with van der Waals surface area (Å²) in [4.78, 5) is 12.5. The zero-order valence-electron chi connectivity index (χ0n) is 17.0. The van der Waals surface area contributed by atoms with E-state index in [-0.39, 0.29) is 5.91 Å². The van der Waals surface area contributed by atoms with E-state index in [1.165, 1.54) is 0 Å². The highest BCUT2D eigenvalue weighted by atomic mass is 79.9. The molecule has 3 aromatic rings. The Balaban J connectivity index is 1.50. The van der Waals surface area contributed by atoms with Gasteiger partial charge in [0.2, 0.25) is 0 Å². The van der Waals surface area contributed by atoms with Crippen LogP contribution in [0.25, 0.3) is 0 Å². The molecule has 0 unspecified atom stereocenters. The van der Waals surface area contributed by atoms with Crippen molar-refractivity contribution < 1.29 is 9.53 Å². The van der Waals surface area contributed by atoms with E-state index >= 15 is 0 Å². The number of amides is 1. The van der Waals surface area contributed by atoms with Crippen LogP contribution in [0.2, 0.25) is 0 Å². The SMILES string of the molecule is Cc1ccc(C)c(OCc2cccc(C(=O)NCCCn3cc(Br)c(C)n3)c2)c1. The molecule has 152 valence electrons. The van der Waals surface area contributed by atoms with Crippen LogP contribution in [0.3, 0.4) is 0 Å². The number of aromatic nitrogens is 2. The second-order valence-corrected chi connectivity index (χ2v) is 8.05.